The molecule has 0 radical (unpaired) electrons. The molecule has 0 aliphatic carbocycles. The van der Waals surface area contributed by atoms with Crippen molar-refractivity contribution in [3.05, 3.63) is 29.3 Å². The minimum atomic E-state index is -0.325. The second-order valence-electron chi connectivity index (χ2n) is 5.78. The Morgan fingerprint density at radius 2 is 2.04 bits per heavy atom. The van der Waals surface area contributed by atoms with Crippen LogP contribution in [0.4, 0.5) is 5.69 Å². The zero-order chi connectivity index (χ0) is 17.5. The van der Waals surface area contributed by atoms with Crippen molar-refractivity contribution in [3.63, 3.8) is 0 Å². The van der Waals surface area contributed by atoms with Gasteiger partial charge in [0.15, 0.2) is 0 Å². The smallest absolute Gasteiger partial charge is 0.255 e. The number of piperidine rings is 1. The molecule has 3 rings (SSSR count). The normalized spacial score (nSPS) is 19.3. The molecule has 2 aliphatic heterocycles. The molecule has 0 spiro atoms. The minimum absolute atomic E-state index is 0.0280. The molecule has 132 valence electrons. The van der Waals surface area contributed by atoms with E-state index in [1.807, 2.05) is 39.1 Å². The van der Waals surface area contributed by atoms with E-state index < -0.39 is 0 Å². The van der Waals surface area contributed by atoms with E-state index in [-0.39, 0.29) is 17.9 Å². The zero-order valence-corrected chi connectivity index (χ0v) is 14.8. The minimum Gasteiger partial charge on any atom is -0.384 e. The topological polar surface area (TPSA) is 73.5 Å². The lowest BCUT2D eigenvalue weighted by molar-refractivity contribution is -0.127. The summed E-state index contributed by atoms with van der Waals surface area (Å²) in [5, 5.41) is 9.21. The molecule has 2 amide bonds. The van der Waals surface area contributed by atoms with E-state index in [0.717, 1.165) is 37.2 Å². The quantitative estimate of drug-likeness (QED) is 0.716. The summed E-state index contributed by atoms with van der Waals surface area (Å²) >= 11 is 0. The molecule has 6 heteroatoms. The Labute approximate surface area is 144 Å². The lowest BCUT2D eigenvalue weighted by Gasteiger charge is -2.30. The molecule has 0 saturated carbocycles. The molecule has 1 atom stereocenters. The Kier molecular flexibility index (Phi) is 6.61. The van der Waals surface area contributed by atoms with Crippen molar-refractivity contribution >= 4 is 17.5 Å². The van der Waals surface area contributed by atoms with Crippen LogP contribution in [0.15, 0.2) is 18.2 Å². The van der Waals surface area contributed by atoms with Crippen molar-refractivity contribution in [2.75, 3.05) is 32.0 Å². The number of amides is 2. The Morgan fingerprint density at radius 3 is 2.75 bits per heavy atom. The lowest BCUT2D eigenvalue weighted by atomic mass is 10.1. The molecule has 0 bridgehead atoms. The summed E-state index contributed by atoms with van der Waals surface area (Å²) < 4.78 is 0. The number of nitrogens with one attached hydrogen (secondary N) is 3. The molecule has 1 saturated heterocycles. The zero-order valence-electron chi connectivity index (χ0n) is 14.8. The van der Waals surface area contributed by atoms with Crippen LogP contribution >= 0.6 is 0 Å². The maximum atomic E-state index is 12.6. The Balaban J connectivity index is 0.00000100. The fourth-order valence-corrected chi connectivity index (χ4v) is 3.07. The van der Waals surface area contributed by atoms with E-state index in [0.29, 0.717) is 18.7 Å². The van der Waals surface area contributed by atoms with Crippen LogP contribution in [-0.4, -0.2) is 49.4 Å². The van der Waals surface area contributed by atoms with Crippen molar-refractivity contribution in [1.82, 2.24) is 15.5 Å². The molecule has 6 nitrogen and oxygen atoms in total. The first-order valence-electron chi connectivity index (χ1n) is 8.81. The number of anilines is 1. The number of carbonyl (C=O) groups excluding carboxylic acids is 2. The third-order valence-electron chi connectivity index (χ3n) is 4.28. The van der Waals surface area contributed by atoms with Gasteiger partial charge in [-0.2, -0.15) is 0 Å². The molecular weight excluding hydrogens is 304 g/mol. The van der Waals surface area contributed by atoms with Crippen LogP contribution in [0, 0.1) is 0 Å². The number of hydrogen-bond acceptors (Lipinski definition) is 4. The third kappa shape index (κ3) is 3.87. The lowest BCUT2D eigenvalue weighted by Crippen LogP contribution is -2.50. The maximum Gasteiger partial charge on any atom is 0.255 e. The molecule has 1 aromatic carbocycles. The number of carbonyl (C=O) groups is 2. The highest BCUT2D eigenvalue weighted by Gasteiger charge is 2.37. The largest absolute Gasteiger partial charge is 0.384 e. The second kappa shape index (κ2) is 8.68. The fraction of sp³-hybridized carbons (Fsp3) is 0.556. The highest BCUT2D eigenvalue weighted by molar-refractivity contribution is 6.02. The number of likely N-dealkylation sites (N-methyl/N-ethyl adjacent to an activating group) is 1. The monoisotopic (exact) mass is 332 g/mol. The average Bonchev–Trinajstić information content (AvgIpc) is 2.94. The molecule has 1 fully saturated rings. The van der Waals surface area contributed by atoms with Crippen molar-refractivity contribution < 1.29 is 9.59 Å². The maximum absolute atomic E-state index is 12.6. The van der Waals surface area contributed by atoms with Gasteiger partial charge in [-0.1, -0.05) is 19.9 Å². The molecular formula is C18H28N4O2. The third-order valence-corrected chi connectivity index (χ3v) is 4.28. The van der Waals surface area contributed by atoms with E-state index in [4.69, 9.17) is 0 Å². The first-order valence-corrected chi connectivity index (χ1v) is 8.81. The van der Waals surface area contributed by atoms with E-state index in [2.05, 4.69) is 16.0 Å². The van der Waals surface area contributed by atoms with Crippen LogP contribution in [-0.2, 0) is 11.3 Å². The van der Waals surface area contributed by atoms with E-state index >= 15 is 0 Å². The number of benzene rings is 1. The first kappa shape index (κ1) is 18.3. The summed E-state index contributed by atoms with van der Waals surface area (Å²) in [5.74, 6) is -0.0610. The van der Waals surface area contributed by atoms with Crippen molar-refractivity contribution in [3.8, 4) is 0 Å². The molecule has 24 heavy (non-hydrogen) atoms. The van der Waals surface area contributed by atoms with E-state index in [9.17, 15) is 9.59 Å². The van der Waals surface area contributed by atoms with Crippen LogP contribution in [0.1, 0.15) is 42.6 Å². The number of rotatable bonds is 5. The van der Waals surface area contributed by atoms with Crippen molar-refractivity contribution in [2.45, 2.75) is 39.3 Å². The van der Waals surface area contributed by atoms with E-state index in [1.165, 1.54) is 0 Å². The second-order valence-corrected chi connectivity index (χ2v) is 5.78. The van der Waals surface area contributed by atoms with Crippen molar-refractivity contribution in [1.29, 1.82) is 0 Å². The molecule has 3 N–H and O–H groups in total. The molecule has 2 heterocycles. The van der Waals surface area contributed by atoms with Gasteiger partial charge in [-0.25, -0.2) is 0 Å². The van der Waals surface area contributed by atoms with Gasteiger partial charge >= 0.3 is 0 Å². The fourth-order valence-electron chi connectivity index (χ4n) is 3.07. The predicted octanol–water partition coefficient (Wildman–Crippen LogP) is 1.58. The van der Waals surface area contributed by atoms with Gasteiger partial charge in [0.25, 0.3) is 5.91 Å². The highest BCUT2D eigenvalue weighted by atomic mass is 16.2. The van der Waals surface area contributed by atoms with Crippen LogP contribution in [0.2, 0.25) is 0 Å². The summed E-state index contributed by atoms with van der Waals surface area (Å²) in [4.78, 5) is 26.3. The van der Waals surface area contributed by atoms with Gasteiger partial charge in [0.2, 0.25) is 5.91 Å². The number of nitrogens with zero attached hydrogens (tertiary/aromatic N) is 1. The van der Waals surface area contributed by atoms with Crippen LogP contribution in [0.3, 0.4) is 0 Å². The van der Waals surface area contributed by atoms with Gasteiger partial charge in [0, 0.05) is 37.4 Å². The summed E-state index contributed by atoms with van der Waals surface area (Å²) in [7, 11) is 1.90. The van der Waals surface area contributed by atoms with Gasteiger partial charge in [-0.05, 0) is 37.6 Å². The first-order chi connectivity index (χ1) is 11.7. The number of fused-ring (bicyclic) bond motifs is 1. The highest BCUT2D eigenvalue weighted by Crippen LogP contribution is 2.29. The summed E-state index contributed by atoms with van der Waals surface area (Å²) in [6, 6.07) is 5.55. The van der Waals surface area contributed by atoms with Crippen LogP contribution < -0.4 is 16.0 Å². The van der Waals surface area contributed by atoms with Gasteiger partial charge in [-0.3, -0.25) is 9.59 Å². The molecule has 1 aromatic rings. The van der Waals surface area contributed by atoms with Gasteiger partial charge in [0.1, 0.15) is 6.04 Å². The Bertz CT molecular complexity index is 588. The standard InChI is InChI=1S/C16H22N4O2.C2H6/c1-17-7-8-18-12-5-4-11-10-20(16(22)13(11)9-12)14-3-2-6-19-15(14)21;1-2/h4-5,9,14,17-18H,2-3,6-8,10H2,1H3,(H,19,21);1-2H3. The summed E-state index contributed by atoms with van der Waals surface area (Å²) in [6.07, 6.45) is 1.67. The van der Waals surface area contributed by atoms with Gasteiger partial charge < -0.3 is 20.9 Å². The van der Waals surface area contributed by atoms with Gasteiger partial charge in [0.05, 0.1) is 0 Å². The molecule has 2 aliphatic rings. The van der Waals surface area contributed by atoms with Crippen molar-refractivity contribution in [2.24, 2.45) is 0 Å². The van der Waals surface area contributed by atoms with E-state index in [1.54, 1.807) is 4.90 Å². The van der Waals surface area contributed by atoms with Crippen LogP contribution in [0.25, 0.3) is 0 Å². The Morgan fingerprint density at radius 1 is 1.25 bits per heavy atom. The van der Waals surface area contributed by atoms with Crippen LogP contribution in [0.5, 0.6) is 0 Å². The molecule has 0 aromatic heterocycles. The summed E-state index contributed by atoms with van der Waals surface area (Å²) in [5.41, 5.74) is 2.66. The SMILES string of the molecule is CC.CNCCNc1ccc2c(c1)C(=O)N(C1CCCNC1=O)C2. The van der Waals surface area contributed by atoms with Gasteiger partial charge in [-0.15, -0.1) is 0 Å². The predicted molar refractivity (Wildman–Crippen MR) is 96.1 cm³/mol. The molecule has 1 unspecified atom stereocenters. The number of hydrogen-bond donors (Lipinski definition) is 3. The average molecular weight is 332 g/mol. The summed E-state index contributed by atoms with van der Waals surface area (Å²) in [6.45, 7) is 6.91. The Hall–Kier alpha value is -2.08.